The van der Waals surface area contributed by atoms with Crippen LogP contribution < -0.4 is 4.74 Å². The van der Waals surface area contributed by atoms with Crippen molar-refractivity contribution >= 4 is 5.97 Å². The lowest BCUT2D eigenvalue weighted by molar-refractivity contribution is -0.144. The molecule has 0 bridgehead atoms. The highest BCUT2D eigenvalue weighted by Gasteiger charge is 2.29. The fourth-order valence-corrected chi connectivity index (χ4v) is 2.78. The largest absolute Gasteiger partial charge is 0.491 e. The first kappa shape index (κ1) is 15.8. The molecule has 2 atom stereocenters. The molecule has 1 aromatic carbocycles. The van der Waals surface area contributed by atoms with E-state index in [2.05, 4.69) is 24.0 Å². The molecule has 2 unspecified atom stereocenters. The Morgan fingerprint density at radius 1 is 1.33 bits per heavy atom. The van der Waals surface area contributed by atoms with Crippen molar-refractivity contribution in [3.8, 4) is 5.75 Å². The van der Waals surface area contributed by atoms with Crippen LogP contribution in [0.15, 0.2) is 24.3 Å². The van der Waals surface area contributed by atoms with Crippen molar-refractivity contribution in [2.45, 2.75) is 52.3 Å². The number of likely N-dealkylation sites (tertiary alicyclic amines) is 1. The lowest BCUT2D eigenvalue weighted by Gasteiger charge is -2.36. The van der Waals surface area contributed by atoms with Gasteiger partial charge in [-0.05, 0) is 51.3 Å². The van der Waals surface area contributed by atoms with Gasteiger partial charge < -0.3 is 9.84 Å². The fourth-order valence-electron chi connectivity index (χ4n) is 2.78. The number of aliphatic carboxylic acids is 1. The summed E-state index contributed by atoms with van der Waals surface area (Å²) >= 11 is 0. The number of carboxylic acid groups (broad SMARTS) is 1. The summed E-state index contributed by atoms with van der Waals surface area (Å²) in [5.41, 5.74) is 1.20. The molecule has 116 valence electrons. The standard InChI is InChI=1S/C17H25NO3/c1-12(2)21-16-8-5-14(6-9-16)10-18-11-15(17(19)20)7-4-13(18)3/h5-6,8-9,12-13,15H,4,7,10-11H2,1-3H3,(H,19,20). The quantitative estimate of drug-likeness (QED) is 0.905. The minimum Gasteiger partial charge on any atom is -0.491 e. The van der Waals surface area contributed by atoms with Crippen molar-refractivity contribution in [1.29, 1.82) is 0 Å². The van der Waals surface area contributed by atoms with Crippen molar-refractivity contribution in [2.24, 2.45) is 5.92 Å². The van der Waals surface area contributed by atoms with Crippen LogP contribution in [0, 0.1) is 5.92 Å². The highest BCUT2D eigenvalue weighted by Crippen LogP contribution is 2.24. The first-order chi connectivity index (χ1) is 9.95. The molecule has 0 saturated carbocycles. The molecule has 1 N–H and O–H groups in total. The van der Waals surface area contributed by atoms with Crippen LogP contribution >= 0.6 is 0 Å². The SMILES string of the molecule is CC(C)Oc1ccc(CN2CC(C(=O)O)CCC2C)cc1. The number of piperidine rings is 1. The summed E-state index contributed by atoms with van der Waals surface area (Å²) in [7, 11) is 0. The lowest BCUT2D eigenvalue weighted by Crippen LogP contribution is -2.43. The van der Waals surface area contributed by atoms with Crippen molar-refractivity contribution in [3.63, 3.8) is 0 Å². The van der Waals surface area contributed by atoms with Gasteiger partial charge in [-0.15, -0.1) is 0 Å². The third kappa shape index (κ3) is 4.46. The Kier molecular flexibility index (Phi) is 5.23. The summed E-state index contributed by atoms with van der Waals surface area (Å²) in [6.07, 6.45) is 1.91. The van der Waals surface area contributed by atoms with Crippen molar-refractivity contribution in [3.05, 3.63) is 29.8 Å². The summed E-state index contributed by atoms with van der Waals surface area (Å²) < 4.78 is 5.64. The van der Waals surface area contributed by atoms with Crippen LogP contribution in [0.5, 0.6) is 5.75 Å². The van der Waals surface area contributed by atoms with Gasteiger partial charge in [-0.3, -0.25) is 9.69 Å². The molecule has 1 aliphatic heterocycles. The van der Waals surface area contributed by atoms with Gasteiger partial charge in [0.2, 0.25) is 0 Å². The first-order valence-corrected chi connectivity index (χ1v) is 7.68. The Morgan fingerprint density at radius 3 is 2.57 bits per heavy atom. The number of rotatable bonds is 5. The molecular formula is C17H25NO3. The summed E-state index contributed by atoms with van der Waals surface area (Å²) in [6.45, 7) is 7.63. The van der Waals surface area contributed by atoms with Gasteiger partial charge in [0.25, 0.3) is 0 Å². The third-order valence-corrected chi connectivity index (χ3v) is 4.04. The van der Waals surface area contributed by atoms with Crippen LogP contribution in [0.4, 0.5) is 0 Å². The summed E-state index contributed by atoms with van der Waals surface area (Å²) in [6, 6.07) is 8.54. The van der Waals surface area contributed by atoms with Gasteiger partial charge in [0.05, 0.1) is 12.0 Å². The first-order valence-electron chi connectivity index (χ1n) is 7.68. The van der Waals surface area contributed by atoms with Gasteiger partial charge >= 0.3 is 5.97 Å². The average molecular weight is 291 g/mol. The van der Waals surface area contributed by atoms with E-state index in [4.69, 9.17) is 4.74 Å². The number of nitrogens with zero attached hydrogens (tertiary/aromatic N) is 1. The Hall–Kier alpha value is -1.55. The van der Waals surface area contributed by atoms with Gasteiger partial charge in [-0.25, -0.2) is 0 Å². The summed E-state index contributed by atoms with van der Waals surface area (Å²) in [5, 5.41) is 9.19. The van der Waals surface area contributed by atoms with Gasteiger partial charge in [-0.1, -0.05) is 12.1 Å². The van der Waals surface area contributed by atoms with E-state index in [1.54, 1.807) is 0 Å². The molecule has 0 aromatic heterocycles. The van der Waals surface area contributed by atoms with E-state index in [-0.39, 0.29) is 12.0 Å². The van der Waals surface area contributed by atoms with Crippen molar-refractivity contribution < 1.29 is 14.6 Å². The molecule has 0 radical (unpaired) electrons. The van der Waals surface area contributed by atoms with E-state index in [0.29, 0.717) is 12.6 Å². The summed E-state index contributed by atoms with van der Waals surface area (Å²) in [5.74, 6) is -0.0267. The number of carbonyl (C=O) groups is 1. The number of hydrogen-bond acceptors (Lipinski definition) is 3. The lowest BCUT2D eigenvalue weighted by atomic mass is 9.93. The Labute approximate surface area is 126 Å². The van der Waals surface area contributed by atoms with Crippen LogP contribution in [0.3, 0.4) is 0 Å². The van der Waals surface area contributed by atoms with Gasteiger partial charge in [-0.2, -0.15) is 0 Å². The van der Waals surface area contributed by atoms with Crippen LogP contribution in [0.1, 0.15) is 39.2 Å². The zero-order chi connectivity index (χ0) is 15.4. The molecule has 0 amide bonds. The topological polar surface area (TPSA) is 49.8 Å². The third-order valence-electron chi connectivity index (χ3n) is 4.04. The van der Waals surface area contributed by atoms with E-state index in [1.165, 1.54) is 5.56 Å². The zero-order valence-corrected chi connectivity index (χ0v) is 13.1. The maximum Gasteiger partial charge on any atom is 0.307 e. The molecule has 0 spiro atoms. The number of carboxylic acids is 1. The van der Waals surface area contributed by atoms with E-state index < -0.39 is 5.97 Å². The minimum atomic E-state index is -0.674. The highest BCUT2D eigenvalue weighted by molar-refractivity contribution is 5.70. The van der Waals surface area contributed by atoms with Crippen LogP contribution in [0.25, 0.3) is 0 Å². The van der Waals surface area contributed by atoms with E-state index in [9.17, 15) is 9.90 Å². The molecule has 1 aliphatic rings. The number of hydrogen-bond donors (Lipinski definition) is 1. The predicted molar refractivity (Wildman–Crippen MR) is 82.4 cm³/mol. The second-order valence-corrected chi connectivity index (χ2v) is 6.20. The average Bonchev–Trinajstić information content (AvgIpc) is 2.42. The molecule has 1 fully saturated rings. The molecule has 1 heterocycles. The maximum absolute atomic E-state index is 11.2. The highest BCUT2D eigenvalue weighted by atomic mass is 16.5. The van der Waals surface area contributed by atoms with E-state index in [0.717, 1.165) is 25.1 Å². The molecule has 4 nitrogen and oxygen atoms in total. The molecule has 21 heavy (non-hydrogen) atoms. The van der Waals surface area contributed by atoms with Crippen LogP contribution in [0.2, 0.25) is 0 Å². The monoisotopic (exact) mass is 291 g/mol. The molecule has 0 aliphatic carbocycles. The summed E-state index contributed by atoms with van der Waals surface area (Å²) in [4.78, 5) is 13.4. The van der Waals surface area contributed by atoms with Gasteiger partial charge in [0, 0.05) is 19.1 Å². The molecule has 1 aromatic rings. The Bertz CT molecular complexity index is 469. The van der Waals surface area contributed by atoms with E-state index in [1.807, 2.05) is 26.0 Å². The van der Waals surface area contributed by atoms with Crippen molar-refractivity contribution in [1.82, 2.24) is 4.90 Å². The zero-order valence-electron chi connectivity index (χ0n) is 13.1. The second-order valence-electron chi connectivity index (χ2n) is 6.20. The van der Waals surface area contributed by atoms with Gasteiger partial charge in [0.15, 0.2) is 0 Å². The second kappa shape index (κ2) is 6.94. The van der Waals surface area contributed by atoms with Crippen LogP contribution in [-0.4, -0.2) is 34.7 Å². The maximum atomic E-state index is 11.2. The Morgan fingerprint density at radius 2 is 2.00 bits per heavy atom. The predicted octanol–water partition coefficient (Wildman–Crippen LogP) is 3.16. The molecule has 4 heteroatoms. The molecular weight excluding hydrogens is 266 g/mol. The fraction of sp³-hybridized carbons (Fsp3) is 0.588. The minimum absolute atomic E-state index is 0.175. The Balaban J connectivity index is 1.97. The normalized spacial score (nSPS) is 23.2. The molecule has 1 saturated heterocycles. The smallest absolute Gasteiger partial charge is 0.307 e. The van der Waals surface area contributed by atoms with E-state index >= 15 is 0 Å². The number of ether oxygens (including phenoxy) is 1. The van der Waals surface area contributed by atoms with Gasteiger partial charge in [0.1, 0.15) is 5.75 Å². The van der Waals surface area contributed by atoms with Crippen LogP contribution in [-0.2, 0) is 11.3 Å². The molecule has 2 rings (SSSR count). The van der Waals surface area contributed by atoms with Crippen molar-refractivity contribution in [2.75, 3.05) is 6.54 Å². The number of benzene rings is 1.